The molecular weight excluding hydrogens is 245 g/mol. The van der Waals surface area contributed by atoms with E-state index in [1.807, 2.05) is 19.9 Å². The molecule has 88 valence electrons. The fourth-order valence-electron chi connectivity index (χ4n) is 1.28. The number of rotatable bonds is 4. The van der Waals surface area contributed by atoms with Crippen LogP contribution in [0, 0.1) is 6.92 Å². The largest absolute Gasteiger partial charge is 0.351 e. The highest BCUT2D eigenvalue weighted by Crippen LogP contribution is 2.15. The van der Waals surface area contributed by atoms with Gasteiger partial charge in [0.25, 0.3) is 5.91 Å². The van der Waals surface area contributed by atoms with Gasteiger partial charge >= 0.3 is 0 Å². The molecule has 0 saturated heterocycles. The number of aryl methyl sites for hydroxylation is 1. The van der Waals surface area contributed by atoms with Crippen LogP contribution in [0.25, 0.3) is 0 Å². The molecule has 1 rings (SSSR count). The van der Waals surface area contributed by atoms with Gasteiger partial charge in [0.15, 0.2) is 0 Å². The van der Waals surface area contributed by atoms with Gasteiger partial charge in [-0.05, 0) is 31.0 Å². The predicted molar refractivity (Wildman–Crippen MR) is 68.5 cm³/mol. The Hall–Kier alpha value is -0.730. The average molecular weight is 260 g/mol. The lowest BCUT2D eigenvalue weighted by Gasteiger charge is -2.10. The Labute approximate surface area is 106 Å². The molecule has 0 aliphatic carbocycles. The number of amides is 1. The summed E-state index contributed by atoms with van der Waals surface area (Å²) < 4.78 is 0. The lowest BCUT2D eigenvalue weighted by Crippen LogP contribution is -2.29. The van der Waals surface area contributed by atoms with Gasteiger partial charge in [-0.1, -0.05) is 24.6 Å². The smallest absolute Gasteiger partial charge is 0.251 e. The van der Waals surface area contributed by atoms with Gasteiger partial charge in [-0.3, -0.25) is 4.79 Å². The Balaban J connectivity index is 2.69. The van der Waals surface area contributed by atoms with Crippen molar-refractivity contribution in [2.45, 2.75) is 25.6 Å². The Morgan fingerprint density at radius 3 is 2.81 bits per heavy atom. The van der Waals surface area contributed by atoms with Crippen LogP contribution in [-0.2, 0) is 0 Å². The lowest BCUT2D eigenvalue weighted by molar-refractivity contribution is 0.0953. The molecule has 2 nitrogen and oxygen atoms in total. The lowest BCUT2D eigenvalue weighted by atomic mass is 10.1. The fraction of sp³-hybridized carbons (Fsp3) is 0.417. The van der Waals surface area contributed by atoms with Gasteiger partial charge < -0.3 is 5.32 Å². The highest BCUT2D eigenvalue weighted by atomic mass is 35.5. The number of benzene rings is 1. The first-order valence-electron chi connectivity index (χ1n) is 5.23. The maximum Gasteiger partial charge on any atom is 0.251 e. The van der Waals surface area contributed by atoms with Crippen LogP contribution in [0.3, 0.4) is 0 Å². The van der Waals surface area contributed by atoms with Gasteiger partial charge in [0.2, 0.25) is 0 Å². The van der Waals surface area contributed by atoms with Crippen molar-refractivity contribution in [1.29, 1.82) is 0 Å². The van der Waals surface area contributed by atoms with Crippen LogP contribution < -0.4 is 5.32 Å². The van der Waals surface area contributed by atoms with Crippen molar-refractivity contribution in [2.75, 3.05) is 6.54 Å². The van der Waals surface area contributed by atoms with Crippen LogP contribution >= 0.6 is 23.2 Å². The maximum atomic E-state index is 11.8. The van der Waals surface area contributed by atoms with Crippen LogP contribution in [-0.4, -0.2) is 17.8 Å². The van der Waals surface area contributed by atoms with Gasteiger partial charge in [-0.2, -0.15) is 0 Å². The first kappa shape index (κ1) is 13.3. The second-order valence-electron chi connectivity index (χ2n) is 3.67. The number of carbonyl (C=O) groups excluding carboxylic acids is 1. The molecule has 0 aliphatic heterocycles. The van der Waals surface area contributed by atoms with E-state index in [4.69, 9.17) is 23.2 Å². The Morgan fingerprint density at radius 1 is 1.50 bits per heavy atom. The molecule has 1 atom stereocenters. The summed E-state index contributed by atoms with van der Waals surface area (Å²) in [7, 11) is 0. The van der Waals surface area contributed by atoms with Crippen molar-refractivity contribution in [3.8, 4) is 0 Å². The van der Waals surface area contributed by atoms with Crippen molar-refractivity contribution >= 4 is 29.1 Å². The number of hydrogen-bond donors (Lipinski definition) is 1. The van der Waals surface area contributed by atoms with Crippen LogP contribution in [0.2, 0.25) is 5.02 Å². The van der Waals surface area contributed by atoms with E-state index in [9.17, 15) is 4.79 Å². The minimum atomic E-state index is -0.126. The summed E-state index contributed by atoms with van der Waals surface area (Å²) in [6.45, 7) is 4.33. The maximum absolute atomic E-state index is 11.8. The zero-order valence-electron chi connectivity index (χ0n) is 9.39. The van der Waals surface area contributed by atoms with Gasteiger partial charge in [-0.25, -0.2) is 0 Å². The molecule has 1 amide bonds. The molecule has 1 aromatic carbocycles. The second kappa shape index (κ2) is 6.12. The molecule has 0 radical (unpaired) electrons. The SMILES string of the molecule is CCC(Cl)CNC(=O)c1cc(Cl)ccc1C. The Morgan fingerprint density at radius 2 is 2.19 bits per heavy atom. The molecule has 0 aromatic heterocycles. The van der Waals surface area contributed by atoms with Crippen LogP contribution in [0.15, 0.2) is 18.2 Å². The van der Waals surface area contributed by atoms with Gasteiger partial charge in [0.05, 0.1) is 5.38 Å². The minimum Gasteiger partial charge on any atom is -0.351 e. The number of halogens is 2. The molecule has 0 aliphatic rings. The van der Waals surface area contributed by atoms with E-state index in [2.05, 4.69) is 5.32 Å². The molecule has 4 heteroatoms. The molecule has 1 N–H and O–H groups in total. The molecule has 0 bridgehead atoms. The van der Waals surface area contributed by atoms with Crippen molar-refractivity contribution in [1.82, 2.24) is 5.32 Å². The van der Waals surface area contributed by atoms with Crippen molar-refractivity contribution in [3.63, 3.8) is 0 Å². The van der Waals surface area contributed by atoms with E-state index < -0.39 is 0 Å². The summed E-state index contributed by atoms with van der Waals surface area (Å²) in [5.74, 6) is -0.126. The summed E-state index contributed by atoms with van der Waals surface area (Å²) in [5.41, 5.74) is 1.51. The summed E-state index contributed by atoms with van der Waals surface area (Å²) >= 11 is 11.8. The van der Waals surface area contributed by atoms with Crippen LogP contribution in [0.1, 0.15) is 29.3 Å². The van der Waals surface area contributed by atoms with Gasteiger partial charge in [0, 0.05) is 17.1 Å². The topological polar surface area (TPSA) is 29.1 Å². The van der Waals surface area contributed by atoms with Crippen molar-refractivity contribution in [3.05, 3.63) is 34.3 Å². The third-order valence-corrected chi connectivity index (χ3v) is 3.07. The molecule has 0 spiro atoms. The highest BCUT2D eigenvalue weighted by molar-refractivity contribution is 6.31. The summed E-state index contributed by atoms with van der Waals surface area (Å²) in [4.78, 5) is 11.8. The summed E-state index contributed by atoms with van der Waals surface area (Å²) in [5, 5.41) is 3.33. The summed E-state index contributed by atoms with van der Waals surface area (Å²) in [6.07, 6.45) is 0.830. The van der Waals surface area contributed by atoms with Crippen molar-refractivity contribution < 1.29 is 4.79 Å². The Kier molecular flexibility index (Phi) is 5.10. The molecule has 1 unspecified atom stereocenters. The number of hydrogen-bond acceptors (Lipinski definition) is 1. The van der Waals surface area contributed by atoms with E-state index >= 15 is 0 Å². The molecule has 0 saturated carbocycles. The molecule has 16 heavy (non-hydrogen) atoms. The predicted octanol–water partition coefficient (Wildman–Crippen LogP) is 3.40. The monoisotopic (exact) mass is 259 g/mol. The number of nitrogens with one attached hydrogen (secondary N) is 1. The molecule has 0 heterocycles. The zero-order chi connectivity index (χ0) is 12.1. The average Bonchev–Trinajstić information content (AvgIpc) is 2.28. The standard InChI is InChI=1S/C12H15Cl2NO/c1-3-9(13)7-15-12(16)11-6-10(14)5-4-8(11)2/h4-6,9H,3,7H2,1-2H3,(H,15,16). The third kappa shape index (κ3) is 3.69. The van der Waals surface area contributed by atoms with E-state index in [1.54, 1.807) is 12.1 Å². The quantitative estimate of drug-likeness (QED) is 0.826. The number of carbonyl (C=O) groups is 1. The van der Waals surface area contributed by atoms with Gasteiger partial charge in [0.1, 0.15) is 0 Å². The van der Waals surface area contributed by atoms with Gasteiger partial charge in [-0.15, -0.1) is 11.6 Å². The zero-order valence-corrected chi connectivity index (χ0v) is 10.9. The highest BCUT2D eigenvalue weighted by Gasteiger charge is 2.10. The third-order valence-electron chi connectivity index (χ3n) is 2.37. The molecular formula is C12H15Cl2NO. The molecule has 0 fully saturated rings. The molecule has 1 aromatic rings. The van der Waals surface area contributed by atoms with Crippen LogP contribution in [0.4, 0.5) is 0 Å². The first-order valence-corrected chi connectivity index (χ1v) is 6.04. The van der Waals surface area contributed by atoms with E-state index in [-0.39, 0.29) is 11.3 Å². The fourth-order valence-corrected chi connectivity index (χ4v) is 1.53. The normalized spacial score (nSPS) is 12.2. The van der Waals surface area contributed by atoms with E-state index in [0.717, 1.165) is 12.0 Å². The Bertz CT molecular complexity index is 379. The summed E-state index contributed by atoms with van der Waals surface area (Å²) in [6, 6.07) is 5.26. The van der Waals surface area contributed by atoms with Crippen LogP contribution in [0.5, 0.6) is 0 Å². The number of alkyl halides is 1. The van der Waals surface area contributed by atoms with E-state index in [0.29, 0.717) is 17.1 Å². The minimum absolute atomic E-state index is 0.0246. The first-order chi connectivity index (χ1) is 7.54. The van der Waals surface area contributed by atoms with Crippen molar-refractivity contribution in [2.24, 2.45) is 0 Å². The van der Waals surface area contributed by atoms with E-state index in [1.165, 1.54) is 0 Å². The second-order valence-corrected chi connectivity index (χ2v) is 4.73.